The second-order valence-electron chi connectivity index (χ2n) is 9.11. The molecule has 4 amide bonds. The van der Waals surface area contributed by atoms with Gasteiger partial charge in [-0.25, -0.2) is 0 Å². The van der Waals surface area contributed by atoms with E-state index in [9.17, 15) is 24.0 Å². The van der Waals surface area contributed by atoms with Crippen molar-refractivity contribution in [2.24, 2.45) is 0 Å². The van der Waals surface area contributed by atoms with Crippen LogP contribution in [0.2, 0.25) is 0 Å². The molecule has 0 spiro atoms. The first-order chi connectivity index (χ1) is 16.5. The smallest absolute Gasteiger partial charge is 0.289 e. The van der Waals surface area contributed by atoms with Crippen molar-refractivity contribution in [1.82, 2.24) is 21.3 Å². The van der Waals surface area contributed by atoms with Gasteiger partial charge in [-0.2, -0.15) is 0 Å². The van der Waals surface area contributed by atoms with Crippen LogP contribution in [0.15, 0.2) is 54.6 Å². The molecule has 9 heteroatoms. The largest absolute Gasteiger partial charge is 0.347 e. The van der Waals surface area contributed by atoms with E-state index in [0.29, 0.717) is 5.56 Å². The Morgan fingerprint density at radius 1 is 0.800 bits per heavy atom. The van der Waals surface area contributed by atoms with Crippen molar-refractivity contribution < 1.29 is 24.0 Å². The molecule has 4 N–H and O–H groups in total. The van der Waals surface area contributed by atoms with Gasteiger partial charge in [-0.1, -0.05) is 63.2 Å². The van der Waals surface area contributed by atoms with Gasteiger partial charge in [0.15, 0.2) is 0 Å². The number of nitrogens with one attached hydrogen (secondary N) is 4. The number of hydrogen-bond donors (Lipinski definition) is 4. The van der Waals surface area contributed by atoms with Crippen molar-refractivity contribution in [2.75, 3.05) is 13.1 Å². The molecular weight excluding hydrogens is 448 g/mol. The van der Waals surface area contributed by atoms with Gasteiger partial charge < -0.3 is 21.3 Å². The third kappa shape index (κ3) is 9.04. The minimum Gasteiger partial charge on any atom is -0.347 e. The first kappa shape index (κ1) is 27.2. The maximum absolute atomic E-state index is 12.2. The van der Waals surface area contributed by atoms with Crippen LogP contribution in [0.3, 0.4) is 0 Å². The summed E-state index contributed by atoms with van der Waals surface area (Å²) in [6, 6.07) is 15.2. The monoisotopic (exact) mass is 480 g/mol. The van der Waals surface area contributed by atoms with E-state index in [-0.39, 0.29) is 18.5 Å². The van der Waals surface area contributed by atoms with Gasteiger partial charge in [0.1, 0.15) is 6.04 Å². The molecule has 0 fully saturated rings. The summed E-state index contributed by atoms with van der Waals surface area (Å²) in [4.78, 5) is 60.2. The molecule has 2 rings (SSSR count). The van der Waals surface area contributed by atoms with Crippen LogP contribution < -0.4 is 21.3 Å². The quantitative estimate of drug-likeness (QED) is 0.380. The van der Waals surface area contributed by atoms with Crippen molar-refractivity contribution in [3.63, 3.8) is 0 Å². The number of carbonyl (C=O) groups excluding carboxylic acids is 5. The minimum atomic E-state index is -0.965. The Morgan fingerprint density at radius 2 is 1.43 bits per heavy atom. The van der Waals surface area contributed by atoms with Crippen molar-refractivity contribution in [3.05, 3.63) is 71.3 Å². The highest BCUT2D eigenvalue weighted by atomic mass is 16.2. The maximum atomic E-state index is 12.2. The SMILES string of the molecule is CC(NC(=O)CNC(=O)c1ccccc1)C(=O)NCC(=O)C(=O)NCc1ccc(C(C)(C)C)cc1. The van der Waals surface area contributed by atoms with Crippen LogP contribution in [0.25, 0.3) is 0 Å². The third-order valence-corrected chi connectivity index (χ3v) is 5.17. The summed E-state index contributed by atoms with van der Waals surface area (Å²) in [5.74, 6) is -3.24. The molecule has 35 heavy (non-hydrogen) atoms. The summed E-state index contributed by atoms with van der Waals surface area (Å²) in [5.41, 5.74) is 2.43. The van der Waals surface area contributed by atoms with Gasteiger partial charge in [0.05, 0.1) is 13.1 Å². The first-order valence-electron chi connectivity index (χ1n) is 11.3. The second kappa shape index (κ2) is 12.5. The molecule has 0 saturated carbocycles. The lowest BCUT2D eigenvalue weighted by atomic mass is 9.87. The van der Waals surface area contributed by atoms with E-state index in [2.05, 4.69) is 42.0 Å². The van der Waals surface area contributed by atoms with Crippen molar-refractivity contribution >= 4 is 29.4 Å². The van der Waals surface area contributed by atoms with E-state index in [4.69, 9.17) is 0 Å². The molecule has 9 nitrogen and oxygen atoms in total. The molecule has 186 valence electrons. The Kier molecular flexibility index (Phi) is 9.69. The second-order valence-corrected chi connectivity index (χ2v) is 9.11. The number of carbonyl (C=O) groups is 5. The molecule has 1 unspecified atom stereocenters. The van der Waals surface area contributed by atoms with Crippen LogP contribution in [0.5, 0.6) is 0 Å². The lowest BCUT2D eigenvalue weighted by molar-refractivity contribution is -0.138. The van der Waals surface area contributed by atoms with Gasteiger partial charge in [0.2, 0.25) is 17.6 Å². The Bertz CT molecular complexity index is 1060. The van der Waals surface area contributed by atoms with E-state index < -0.39 is 42.0 Å². The highest BCUT2D eigenvalue weighted by Gasteiger charge is 2.19. The summed E-state index contributed by atoms with van der Waals surface area (Å²) in [7, 11) is 0. The summed E-state index contributed by atoms with van der Waals surface area (Å²) in [5, 5.41) is 9.74. The highest BCUT2D eigenvalue weighted by Crippen LogP contribution is 2.22. The van der Waals surface area contributed by atoms with Gasteiger partial charge in [-0.3, -0.25) is 24.0 Å². The van der Waals surface area contributed by atoms with E-state index in [1.54, 1.807) is 30.3 Å². The number of rotatable bonds is 10. The van der Waals surface area contributed by atoms with Crippen LogP contribution in [-0.4, -0.2) is 48.5 Å². The van der Waals surface area contributed by atoms with Crippen LogP contribution in [-0.2, 0) is 31.1 Å². The van der Waals surface area contributed by atoms with Gasteiger partial charge in [0.25, 0.3) is 11.8 Å². The Hall–Kier alpha value is -4.01. The predicted molar refractivity (Wildman–Crippen MR) is 131 cm³/mol. The number of benzene rings is 2. The molecule has 2 aromatic rings. The van der Waals surface area contributed by atoms with Crippen molar-refractivity contribution in [1.29, 1.82) is 0 Å². The summed E-state index contributed by atoms with van der Waals surface area (Å²) in [6.07, 6.45) is 0. The number of ketones is 1. The van der Waals surface area contributed by atoms with Crippen LogP contribution >= 0.6 is 0 Å². The Labute approximate surface area is 205 Å². The fourth-order valence-electron chi connectivity index (χ4n) is 3.01. The van der Waals surface area contributed by atoms with Gasteiger partial charge in [-0.05, 0) is 35.6 Å². The molecule has 2 aromatic carbocycles. The molecule has 0 heterocycles. The number of hydrogen-bond acceptors (Lipinski definition) is 5. The van der Waals surface area contributed by atoms with Crippen LogP contribution in [0.1, 0.15) is 49.2 Å². The summed E-state index contributed by atoms with van der Waals surface area (Å²) in [6.45, 7) is 7.11. The predicted octanol–water partition coefficient (Wildman–Crippen LogP) is 1.22. The molecule has 0 bridgehead atoms. The summed E-state index contributed by atoms with van der Waals surface area (Å²) >= 11 is 0. The average Bonchev–Trinajstić information content (AvgIpc) is 2.84. The summed E-state index contributed by atoms with van der Waals surface area (Å²) < 4.78 is 0. The molecule has 0 aromatic heterocycles. The van der Waals surface area contributed by atoms with E-state index in [1.165, 1.54) is 6.92 Å². The fourth-order valence-corrected chi connectivity index (χ4v) is 3.01. The topological polar surface area (TPSA) is 133 Å². The Morgan fingerprint density at radius 3 is 2.03 bits per heavy atom. The standard InChI is InChI=1S/C26H32N4O5/c1-17(30-22(32)16-29-24(34)19-8-6-5-7-9-19)23(33)28-15-21(31)25(35)27-14-18-10-12-20(13-11-18)26(2,3)4/h5-13,17H,14-16H2,1-4H3,(H,27,35)(H,28,33)(H,29,34)(H,30,32). The fraction of sp³-hybridized carbons (Fsp3) is 0.346. The van der Waals surface area contributed by atoms with Crippen molar-refractivity contribution in [2.45, 2.75) is 45.7 Å². The third-order valence-electron chi connectivity index (χ3n) is 5.17. The van der Waals surface area contributed by atoms with Gasteiger partial charge in [0, 0.05) is 12.1 Å². The van der Waals surface area contributed by atoms with E-state index in [0.717, 1.165) is 11.1 Å². The van der Waals surface area contributed by atoms with Crippen molar-refractivity contribution in [3.8, 4) is 0 Å². The zero-order valence-corrected chi connectivity index (χ0v) is 20.4. The number of amides is 4. The minimum absolute atomic E-state index is 0.0165. The molecule has 0 saturated heterocycles. The number of Topliss-reactive ketones (excluding diaryl/α,β-unsaturated/α-hetero) is 1. The molecule has 0 aliphatic rings. The lowest BCUT2D eigenvalue weighted by Gasteiger charge is -2.19. The molecule has 1 atom stereocenters. The van der Waals surface area contributed by atoms with Gasteiger partial charge >= 0.3 is 0 Å². The maximum Gasteiger partial charge on any atom is 0.289 e. The zero-order chi connectivity index (χ0) is 26.0. The molecule has 0 radical (unpaired) electrons. The molecule has 0 aliphatic carbocycles. The first-order valence-corrected chi connectivity index (χ1v) is 11.3. The van der Waals surface area contributed by atoms with Gasteiger partial charge in [-0.15, -0.1) is 0 Å². The normalized spacial score (nSPS) is 11.7. The van der Waals surface area contributed by atoms with E-state index >= 15 is 0 Å². The van der Waals surface area contributed by atoms with Crippen LogP contribution in [0, 0.1) is 0 Å². The Balaban J connectivity index is 1.70. The van der Waals surface area contributed by atoms with Crippen LogP contribution in [0.4, 0.5) is 0 Å². The highest BCUT2D eigenvalue weighted by molar-refractivity contribution is 6.37. The molecule has 0 aliphatic heterocycles. The average molecular weight is 481 g/mol. The zero-order valence-electron chi connectivity index (χ0n) is 20.4. The molecular formula is C26H32N4O5. The van der Waals surface area contributed by atoms with E-state index in [1.807, 2.05) is 24.3 Å². The lowest BCUT2D eigenvalue weighted by Crippen LogP contribution is -2.49.